The second-order valence-corrected chi connectivity index (χ2v) is 7.85. The first-order valence-corrected chi connectivity index (χ1v) is 10.2. The van der Waals surface area contributed by atoms with Crippen molar-refractivity contribution in [2.24, 2.45) is 0 Å². The molecule has 2 unspecified atom stereocenters. The van der Waals surface area contributed by atoms with Crippen molar-refractivity contribution < 1.29 is 37.4 Å². The van der Waals surface area contributed by atoms with Gasteiger partial charge in [-0.1, -0.05) is 55.5 Å². The van der Waals surface area contributed by atoms with E-state index in [2.05, 4.69) is 5.32 Å². The van der Waals surface area contributed by atoms with Gasteiger partial charge in [-0.3, -0.25) is 4.79 Å². The molecule has 0 radical (unpaired) electrons. The highest BCUT2D eigenvalue weighted by atomic mass is 19.4. The quantitative estimate of drug-likeness (QED) is 0.578. The second-order valence-electron chi connectivity index (χ2n) is 7.85. The third-order valence-electron chi connectivity index (χ3n) is 5.73. The Morgan fingerprint density at radius 2 is 1.55 bits per heavy atom. The van der Waals surface area contributed by atoms with Crippen LogP contribution in [0.2, 0.25) is 0 Å². The fourth-order valence-electron chi connectivity index (χ4n) is 3.71. The molecule has 1 aliphatic rings. The Morgan fingerprint density at radius 1 is 1.03 bits per heavy atom. The highest BCUT2D eigenvalue weighted by Gasteiger charge is 2.58. The minimum Gasteiger partial charge on any atom is -0.479 e. The summed E-state index contributed by atoms with van der Waals surface area (Å²) in [6.45, 7) is 1.75. The van der Waals surface area contributed by atoms with Gasteiger partial charge in [-0.05, 0) is 35.6 Å². The van der Waals surface area contributed by atoms with Crippen LogP contribution in [0.25, 0.3) is 11.1 Å². The molecule has 0 saturated carbocycles. The van der Waals surface area contributed by atoms with Gasteiger partial charge >= 0.3 is 18.2 Å². The standard InChI is InChI=1S/C23H23F3N2O5/c1-3-18(19(29)28-22(2,20(30)31)23(24,25)26)27-21(32)33-12-17-15-10-6-4-8-13(15)14-9-5-7-11-16(14)17/h4-11,17-18H,3,12H2,1-2H3,(H,27,32)(H,28,29)(H,30,31). The summed E-state index contributed by atoms with van der Waals surface area (Å²) in [5.74, 6) is -3.79. The molecule has 0 saturated heterocycles. The van der Waals surface area contributed by atoms with Gasteiger partial charge in [0.2, 0.25) is 11.4 Å². The van der Waals surface area contributed by atoms with Crippen molar-refractivity contribution in [1.82, 2.24) is 10.6 Å². The Balaban J connectivity index is 1.67. The van der Waals surface area contributed by atoms with E-state index in [-0.39, 0.29) is 18.9 Å². The number of aliphatic carboxylic acids is 1. The molecule has 3 N–H and O–H groups in total. The third-order valence-corrected chi connectivity index (χ3v) is 5.73. The van der Waals surface area contributed by atoms with Gasteiger partial charge in [-0.15, -0.1) is 0 Å². The highest BCUT2D eigenvalue weighted by molar-refractivity contribution is 5.91. The first-order chi connectivity index (χ1) is 15.5. The lowest BCUT2D eigenvalue weighted by atomic mass is 9.98. The van der Waals surface area contributed by atoms with Crippen molar-refractivity contribution in [2.45, 2.75) is 43.9 Å². The monoisotopic (exact) mass is 464 g/mol. The van der Waals surface area contributed by atoms with Gasteiger partial charge in [-0.25, -0.2) is 9.59 Å². The molecule has 176 valence electrons. The van der Waals surface area contributed by atoms with Crippen LogP contribution in [0.3, 0.4) is 0 Å². The SMILES string of the molecule is CCC(NC(=O)OCC1c2ccccc2-c2ccccc21)C(=O)NC(C)(C(=O)O)C(F)(F)F. The van der Waals surface area contributed by atoms with Crippen LogP contribution in [-0.2, 0) is 14.3 Å². The van der Waals surface area contributed by atoms with E-state index in [0.29, 0.717) is 6.92 Å². The summed E-state index contributed by atoms with van der Waals surface area (Å²) in [6.07, 6.45) is -6.32. The normalized spacial score (nSPS) is 15.5. The molecule has 0 aliphatic heterocycles. The van der Waals surface area contributed by atoms with E-state index in [4.69, 9.17) is 9.84 Å². The fourth-order valence-corrected chi connectivity index (χ4v) is 3.71. The van der Waals surface area contributed by atoms with Crippen LogP contribution in [0.15, 0.2) is 48.5 Å². The molecule has 2 amide bonds. The summed E-state index contributed by atoms with van der Waals surface area (Å²) in [5.41, 5.74) is 0.485. The van der Waals surface area contributed by atoms with E-state index in [9.17, 15) is 27.6 Å². The summed E-state index contributed by atoms with van der Waals surface area (Å²) in [4.78, 5) is 35.8. The van der Waals surface area contributed by atoms with Gasteiger partial charge in [0.05, 0.1) is 0 Å². The Kier molecular flexibility index (Phi) is 6.66. The molecule has 0 spiro atoms. The molecule has 1 aliphatic carbocycles. The minimum atomic E-state index is -5.24. The molecule has 0 heterocycles. The smallest absolute Gasteiger partial charge is 0.422 e. The minimum absolute atomic E-state index is 0.0483. The Hall–Kier alpha value is -3.56. The molecular formula is C23H23F3N2O5. The van der Waals surface area contributed by atoms with Gasteiger partial charge < -0.3 is 20.5 Å². The third kappa shape index (κ3) is 4.64. The zero-order valence-electron chi connectivity index (χ0n) is 17.9. The Labute approximate surface area is 187 Å². The van der Waals surface area contributed by atoms with Crippen LogP contribution in [0.4, 0.5) is 18.0 Å². The molecule has 2 aromatic rings. The maximum absolute atomic E-state index is 13.2. The van der Waals surface area contributed by atoms with E-state index in [1.54, 1.807) is 0 Å². The second kappa shape index (κ2) is 9.13. The fraction of sp³-hybridized carbons (Fsp3) is 0.348. The molecule has 0 bridgehead atoms. The molecule has 7 nitrogen and oxygen atoms in total. The number of hydrogen-bond acceptors (Lipinski definition) is 4. The number of fused-ring (bicyclic) bond motifs is 3. The number of carboxylic acids is 1. The summed E-state index contributed by atoms with van der Waals surface area (Å²) < 4.78 is 44.8. The number of carboxylic acid groups (broad SMARTS) is 1. The topological polar surface area (TPSA) is 105 Å². The van der Waals surface area contributed by atoms with E-state index in [0.717, 1.165) is 22.3 Å². The van der Waals surface area contributed by atoms with Crippen LogP contribution in [0, 0.1) is 0 Å². The average Bonchev–Trinajstić information content (AvgIpc) is 3.08. The van der Waals surface area contributed by atoms with E-state index in [1.165, 1.54) is 12.2 Å². The van der Waals surface area contributed by atoms with Crippen molar-refractivity contribution in [1.29, 1.82) is 0 Å². The predicted molar refractivity (Wildman–Crippen MR) is 113 cm³/mol. The summed E-state index contributed by atoms with van der Waals surface area (Å²) in [7, 11) is 0. The molecule has 10 heteroatoms. The molecule has 2 aromatic carbocycles. The first-order valence-electron chi connectivity index (χ1n) is 10.2. The summed E-state index contributed by atoms with van der Waals surface area (Å²) in [5, 5.41) is 12.7. The molecular weight excluding hydrogens is 441 g/mol. The number of ether oxygens (including phenoxy) is 1. The number of hydrogen-bond donors (Lipinski definition) is 3. The molecule has 33 heavy (non-hydrogen) atoms. The number of benzene rings is 2. The number of amides is 2. The lowest BCUT2D eigenvalue weighted by Crippen LogP contribution is -2.64. The number of rotatable bonds is 7. The zero-order valence-corrected chi connectivity index (χ0v) is 17.9. The van der Waals surface area contributed by atoms with Gasteiger partial charge in [0.15, 0.2) is 0 Å². The number of halogens is 3. The van der Waals surface area contributed by atoms with Crippen LogP contribution in [-0.4, -0.2) is 47.4 Å². The van der Waals surface area contributed by atoms with E-state index >= 15 is 0 Å². The number of nitrogens with one attached hydrogen (secondary N) is 2. The number of alkyl carbamates (subject to hydrolysis) is 1. The van der Waals surface area contributed by atoms with E-state index in [1.807, 2.05) is 48.5 Å². The van der Waals surface area contributed by atoms with Crippen LogP contribution < -0.4 is 10.6 Å². The van der Waals surface area contributed by atoms with Gasteiger partial charge in [0.25, 0.3) is 0 Å². The maximum atomic E-state index is 13.2. The molecule has 0 aromatic heterocycles. The molecule has 3 rings (SSSR count). The molecule has 2 atom stereocenters. The zero-order chi connectivity index (χ0) is 24.4. The van der Waals surface area contributed by atoms with Gasteiger partial charge in [0, 0.05) is 5.92 Å². The van der Waals surface area contributed by atoms with Crippen LogP contribution >= 0.6 is 0 Å². The predicted octanol–water partition coefficient (Wildman–Crippen LogP) is 3.83. The van der Waals surface area contributed by atoms with Crippen molar-refractivity contribution in [3.63, 3.8) is 0 Å². The number of carbonyl (C=O) groups is 3. The lowest BCUT2D eigenvalue weighted by molar-refractivity contribution is -0.207. The van der Waals surface area contributed by atoms with Crippen molar-refractivity contribution in [2.75, 3.05) is 6.61 Å². The number of carbonyl (C=O) groups excluding carboxylic acids is 2. The van der Waals surface area contributed by atoms with Crippen LogP contribution in [0.5, 0.6) is 0 Å². The maximum Gasteiger partial charge on any atom is 0.422 e. The largest absolute Gasteiger partial charge is 0.479 e. The highest BCUT2D eigenvalue weighted by Crippen LogP contribution is 2.44. The van der Waals surface area contributed by atoms with Crippen LogP contribution in [0.1, 0.15) is 37.3 Å². The Bertz CT molecular complexity index is 1030. The average molecular weight is 464 g/mol. The van der Waals surface area contributed by atoms with Crippen molar-refractivity contribution in [3.05, 3.63) is 59.7 Å². The van der Waals surface area contributed by atoms with Crippen molar-refractivity contribution >= 4 is 18.0 Å². The number of alkyl halides is 3. The van der Waals surface area contributed by atoms with Gasteiger partial charge in [-0.2, -0.15) is 13.2 Å². The summed E-state index contributed by atoms with van der Waals surface area (Å²) >= 11 is 0. The Morgan fingerprint density at radius 3 is 2.00 bits per heavy atom. The molecule has 0 fully saturated rings. The summed E-state index contributed by atoms with van der Waals surface area (Å²) in [6, 6.07) is 13.9. The van der Waals surface area contributed by atoms with Crippen molar-refractivity contribution in [3.8, 4) is 11.1 Å². The van der Waals surface area contributed by atoms with Gasteiger partial charge in [0.1, 0.15) is 12.6 Å². The lowest BCUT2D eigenvalue weighted by Gasteiger charge is -2.30. The first kappa shape index (κ1) is 24.1. The van der Waals surface area contributed by atoms with E-state index < -0.39 is 35.7 Å².